The average Bonchev–Trinajstić information content (AvgIpc) is 3.34. The first-order valence-electron chi connectivity index (χ1n) is 9.18. The van der Waals surface area contributed by atoms with Gasteiger partial charge < -0.3 is 15.5 Å². The highest BCUT2D eigenvalue weighted by molar-refractivity contribution is 7.18. The van der Waals surface area contributed by atoms with Crippen LogP contribution >= 0.6 is 22.9 Å². The third kappa shape index (κ3) is 4.28. The van der Waals surface area contributed by atoms with E-state index in [1.54, 1.807) is 6.20 Å². The van der Waals surface area contributed by atoms with Gasteiger partial charge in [0.15, 0.2) is 0 Å². The highest BCUT2D eigenvalue weighted by atomic mass is 35.5. The van der Waals surface area contributed by atoms with Gasteiger partial charge in [0.2, 0.25) is 11.0 Å². The lowest BCUT2D eigenvalue weighted by Gasteiger charge is -2.15. The second-order valence-electron chi connectivity index (χ2n) is 7.09. The molecule has 2 heterocycles. The van der Waals surface area contributed by atoms with Crippen LogP contribution in [0.25, 0.3) is 21.5 Å². The molecule has 8 nitrogen and oxygen atoms in total. The highest BCUT2D eigenvalue weighted by Gasteiger charge is 2.13. The number of fused-ring (bicyclic) bond motifs is 1. The number of nitrogens with one attached hydrogen (secondary N) is 3. The quantitative estimate of drug-likeness (QED) is 0.407. The van der Waals surface area contributed by atoms with Crippen molar-refractivity contribution in [3.63, 3.8) is 0 Å². The fourth-order valence-electron chi connectivity index (χ4n) is 3.08. The minimum absolute atomic E-state index is 0.115. The van der Waals surface area contributed by atoms with Crippen LogP contribution in [0.4, 0.5) is 16.5 Å². The van der Waals surface area contributed by atoms with Crippen LogP contribution in [0.15, 0.2) is 36.5 Å². The third-order valence-electron chi connectivity index (χ3n) is 4.38. The first-order chi connectivity index (χ1) is 14.4. The number of hydrogen-bond acceptors (Lipinski definition) is 7. The smallest absolute Gasteiger partial charge is 0.221 e. The summed E-state index contributed by atoms with van der Waals surface area (Å²) < 4.78 is 0. The van der Waals surface area contributed by atoms with Gasteiger partial charge in [-0.25, -0.2) is 0 Å². The molecule has 10 heteroatoms. The molecule has 0 spiro atoms. The van der Waals surface area contributed by atoms with Gasteiger partial charge in [-0.15, -0.1) is 10.2 Å². The number of amides is 1. The third-order valence-corrected chi connectivity index (χ3v) is 5.67. The molecule has 2 aromatic heterocycles. The van der Waals surface area contributed by atoms with E-state index < -0.39 is 0 Å². The van der Waals surface area contributed by atoms with E-state index in [9.17, 15) is 4.79 Å². The zero-order valence-corrected chi connectivity index (χ0v) is 18.2. The minimum atomic E-state index is -0.115. The SMILES string of the molecule is CC(=O)Nc1cc(-c2nnc(Nc3ccc4[nH]ncc4c3Cl)s2)ccc1CN(C)C. The van der Waals surface area contributed by atoms with Gasteiger partial charge in [0.05, 0.1) is 22.4 Å². The van der Waals surface area contributed by atoms with Crippen LogP contribution in [-0.2, 0) is 11.3 Å². The van der Waals surface area contributed by atoms with Crippen molar-refractivity contribution in [2.24, 2.45) is 0 Å². The molecule has 4 aromatic rings. The minimum Gasteiger partial charge on any atom is -0.329 e. The van der Waals surface area contributed by atoms with Crippen molar-refractivity contribution in [1.82, 2.24) is 25.3 Å². The summed E-state index contributed by atoms with van der Waals surface area (Å²) in [5, 5.41) is 24.3. The molecule has 0 bridgehead atoms. The van der Waals surface area contributed by atoms with E-state index in [1.807, 2.05) is 49.3 Å². The van der Waals surface area contributed by atoms with E-state index in [4.69, 9.17) is 11.6 Å². The fourth-order valence-corrected chi connectivity index (χ4v) is 4.09. The maximum atomic E-state index is 11.6. The number of aromatic nitrogens is 4. The Labute approximate surface area is 182 Å². The Hall–Kier alpha value is -3.01. The van der Waals surface area contributed by atoms with Crippen LogP contribution in [0.2, 0.25) is 5.02 Å². The number of nitrogens with zero attached hydrogens (tertiary/aromatic N) is 4. The maximum absolute atomic E-state index is 11.6. The summed E-state index contributed by atoms with van der Waals surface area (Å²) in [7, 11) is 3.97. The summed E-state index contributed by atoms with van der Waals surface area (Å²) in [6.45, 7) is 2.22. The van der Waals surface area contributed by atoms with E-state index in [1.165, 1.54) is 18.3 Å². The molecular weight excluding hydrogens is 422 g/mol. The average molecular weight is 442 g/mol. The Kier molecular flexibility index (Phi) is 5.67. The summed E-state index contributed by atoms with van der Waals surface area (Å²) in [5.74, 6) is -0.115. The van der Waals surface area contributed by atoms with Crippen LogP contribution in [0.3, 0.4) is 0 Å². The van der Waals surface area contributed by atoms with Gasteiger partial charge in [0, 0.05) is 30.1 Å². The number of carbonyl (C=O) groups is 1. The molecule has 3 N–H and O–H groups in total. The second kappa shape index (κ2) is 8.39. The molecular formula is C20H20ClN7OS. The molecule has 0 aliphatic heterocycles. The Morgan fingerprint density at radius 3 is 2.80 bits per heavy atom. The lowest BCUT2D eigenvalue weighted by molar-refractivity contribution is -0.114. The molecule has 0 saturated heterocycles. The Balaban J connectivity index is 1.61. The van der Waals surface area contributed by atoms with Crippen LogP contribution < -0.4 is 10.6 Å². The highest BCUT2D eigenvalue weighted by Crippen LogP contribution is 2.35. The van der Waals surface area contributed by atoms with Crippen molar-refractivity contribution in [2.45, 2.75) is 13.5 Å². The van der Waals surface area contributed by atoms with Gasteiger partial charge in [0.1, 0.15) is 5.01 Å². The number of halogens is 1. The van der Waals surface area contributed by atoms with Crippen LogP contribution in [0.5, 0.6) is 0 Å². The molecule has 1 amide bonds. The Morgan fingerprint density at radius 2 is 2.03 bits per heavy atom. The maximum Gasteiger partial charge on any atom is 0.221 e. The Bertz CT molecular complexity index is 1220. The lowest BCUT2D eigenvalue weighted by atomic mass is 10.1. The number of benzene rings is 2. The van der Waals surface area contributed by atoms with Crippen molar-refractivity contribution >= 4 is 56.3 Å². The van der Waals surface area contributed by atoms with Crippen molar-refractivity contribution in [3.05, 3.63) is 47.1 Å². The predicted octanol–water partition coefficient (Wildman–Crippen LogP) is 4.50. The monoisotopic (exact) mass is 441 g/mol. The molecule has 154 valence electrons. The summed E-state index contributed by atoms with van der Waals surface area (Å²) in [4.78, 5) is 13.7. The zero-order valence-electron chi connectivity index (χ0n) is 16.7. The van der Waals surface area contributed by atoms with Gasteiger partial charge >= 0.3 is 0 Å². The largest absolute Gasteiger partial charge is 0.329 e. The Morgan fingerprint density at radius 1 is 1.20 bits per heavy atom. The topological polar surface area (TPSA) is 98.8 Å². The van der Waals surface area contributed by atoms with Gasteiger partial charge in [-0.1, -0.05) is 35.1 Å². The molecule has 2 aromatic carbocycles. The summed E-state index contributed by atoms with van der Waals surface area (Å²) in [5.41, 5.74) is 4.28. The molecule has 0 unspecified atom stereocenters. The standard InChI is InChI=1S/C20H20ClN7OS/c1-11(29)23-17-8-12(4-5-13(17)10-28(2)3)19-26-27-20(30-19)24-16-7-6-15-14(18(16)21)9-22-25-15/h4-9H,10H2,1-3H3,(H,22,25)(H,23,29)(H,24,27). The van der Waals surface area contributed by atoms with Gasteiger partial charge in [-0.05, 0) is 37.9 Å². The van der Waals surface area contributed by atoms with E-state index in [2.05, 4.69) is 31.0 Å². The zero-order chi connectivity index (χ0) is 21.3. The van der Waals surface area contributed by atoms with E-state index in [-0.39, 0.29) is 5.91 Å². The van der Waals surface area contributed by atoms with Crippen LogP contribution in [-0.4, -0.2) is 45.3 Å². The number of aromatic amines is 1. The first kappa shape index (κ1) is 20.3. The second-order valence-corrected chi connectivity index (χ2v) is 8.44. The molecule has 0 fully saturated rings. The fraction of sp³-hybridized carbons (Fsp3) is 0.200. The van der Waals surface area contributed by atoms with Crippen molar-refractivity contribution in [1.29, 1.82) is 0 Å². The molecule has 4 rings (SSSR count). The number of anilines is 3. The number of hydrogen-bond donors (Lipinski definition) is 3. The number of H-pyrrole nitrogens is 1. The first-order valence-corrected chi connectivity index (χ1v) is 10.4. The normalized spacial score (nSPS) is 11.2. The van der Waals surface area contributed by atoms with Crippen LogP contribution in [0, 0.1) is 0 Å². The number of rotatable bonds is 6. The number of carbonyl (C=O) groups excluding carboxylic acids is 1. The molecule has 0 aliphatic rings. The predicted molar refractivity (Wildman–Crippen MR) is 121 cm³/mol. The van der Waals surface area contributed by atoms with Crippen LogP contribution in [0.1, 0.15) is 12.5 Å². The van der Waals surface area contributed by atoms with E-state index in [0.29, 0.717) is 16.7 Å². The van der Waals surface area contributed by atoms with E-state index in [0.717, 1.165) is 38.4 Å². The van der Waals surface area contributed by atoms with Crippen molar-refractivity contribution in [2.75, 3.05) is 24.7 Å². The molecule has 0 aliphatic carbocycles. The van der Waals surface area contributed by atoms with Crippen molar-refractivity contribution in [3.8, 4) is 10.6 Å². The van der Waals surface area contributed by atoms with E-state index >= 15 is 0 Å². The summed E-state index contributed by atoms with van der Waals surface area (Å²) >= 11 is 7.88. The molecule has 0 atom stereocenters. The van der Waals surface area contributed by atoms with Gasteiger partial charge in [0.25, 0.3) is 0 Å². The summed E-state index contributed by atoms with van der Waals surface area (Å²) in [6, 6.07) is 9.68. The molecule has 30 heavy (non-hydrogen) atoms. The van der Waals surface area contributed by atoms with Gasteiger partial charge in [-0.3, -0.25) is 9.89 Å². The summed E-state index contributed by atoms with van der Waals surface area (Å²) in [6.07, 6.45) is 1.69. The van der Waals surface area contributed by atoms with Gasteiger partial charge in [-0.2, -0.15) is 5.10 Å². The molecule has 0 saturated carbocycles. The van der Waals surface area contributed by atoms with Crippen molar-refractivity contribution < 1.29 is 4.79 Å². The molecule has 0 radical (unpaired) electrons. The lowest BCUT2D eigenvalue weighted by Crippen LogP contribution is -2.14.